The van der Waals surface area contributed by atoms with Crippen LogP contribution in [0.1, 0.15) is 30.3 Å². The highest BCUT2D eigenvalue weighted by molar-refractivity contribution is 7.99. The molecule has 1 aromatic carbocycles. The normalized spacial score (nSPS) is 15.2. The number of carbonyl (C=O) groups is 1. The number of nitrogens with one attached hydrogen (secondary N) is 2. The minimum atomic E-state index is 0.00479. The number of nitrogens with zero attached hydrogens (tertiary/aromatic N) is 2. The van der Waals surface area contributed by atoms with Crippen LogP contribution in [0.4, 0.5) is 0 Å². The van der Waals surface area contributed by atoms with Crippen LogP contribution in [0, 0.1) is 12.8 Å². The molecule has 1 fully saturated rings. The number of rotatable bonds is 7. The molecule has 2 N–H and O–H groups in total. The third kappa shape index (κ3) is 4.25. The van der Waals surface area contributed by atoms with Crippen LogP contribution in [0.3, 0.4) is 0 Å². The van der Waals surface area contributed by atoms with E-state index in [1.165, 1.54) is 11.8 Å². The van der Waals surface area contributed by atoms with E-state index < -0.39 is 0 Å². The maximum atomic E-state index is 12.2. The summed E-state index contributed by atoms with van der Waals surface area (Å²) >= 11 is 1.34. The highest BCUT2D eigenvalue weighted by atomic mass is 32.2. The fourth-order valence-electron chi connectivity index (χ4n) is 2.45. The predicted molar refractivity (Wildman–Crippen MR) is 88.4 cm³/mol. The molecule has 0 saturated heterocycles. The average Bonchev–Trinajstić information content (AvgIpc) is 3.32. The van der Waals surface area contributed by atoms with E-state index >= 15 is 0 Å². The van der Waals surface area contributed by atoms with E-state index in [1.54, 1.807) is 7.11 Å². The SMILES string of the molecule is COc1ccc(C(NC(=O)CSc2n[nH]c(C)n2)C2CC2)cc1. The molecule has 0 radical (unpaired) electrons. The summed E-state index contributed by atoms with van der Waals surface area (Å²) in [6, 6.07) is 7.98. The Labute approximate surface area is 139 Å². The van der Waals surface area contributed by atoms with Gasteiger partial charge in [-0.05, 0) is 43.4 Å². The van der Waals surface area contributed by atoms with Gasteiger partial charge in [0.05, 0.1) is 18.9 Å². The van der Waals surface area contributed by atoms with Gasteiger partial charge < -0.3 is 10.1 Å². The molecule has 1 heterocycles. The number of aromatic nitrogens is 3. The summed E-state index contributed by atoms with van der Waals surface area (Å²) in [5, 5.41) is 10.5. The number of carbonyl (C=O) groups excluding carboxylic acids is 1. The van der Waals surface area contributed by atoms with Crippen molar-refractivity contribution in [2.24, 2.45) is 5.92 Å². The minimum Gasteiger partial charge on any atom is -0.497 e. The van der Waals surface area contributed by atoms with Gasteiger partial charge in [0.15, 0.2) is 0 Å². The van der Waals surface area contributed by atoms with Gasteiger partial charge in [0.1, 0.15) is 11.6 Å². The van der Waals surface area contributed by atoms with Crippen LogP contribution in [0.2, 0.25) is 0 Å². The molecule has 6 nitrogen and oxygen atoms in total. The Kier molecular flexibility index (Phi) is 4.85. The van der Waals surface area contributed by atoms with E-state index in [1.807, 2.05) is 31.2 Å². The number of amides is 1. The number of aromatic amines is 1. The standard InChI is InChI=1S/C16H20N4O2S/c1-10-17-16(20-19-10)23-9-14(21)18-15(11-3-4-11)12-5-7-13(22-2)8-6-12/h5-8,11,15H,3-4,9H2,1-2H3,(H,18,21)(H,17,19,20). The largest absolute Gasteiger partial charge is 0.497 e. The second kappa shape index (κ2) is 7.04. The minimum absolute atomic E-state index is 0.00479. The molecule has 1 atom stereocenters. The quantitative estimate of drug-likeness (QED) is 0.762. The van der Waals surface area contributed by atoms with Crippen molar-refractivity contribution in [2.75, 3.05) is 12.9 Å². The molecule has 7 heteroatoms. The second-order valence-electron chi connectivity index (χ2n) is 5.65. The summed E-state index contributed by atoms with van der Waals surface area (Å²) in [6.45, 7) is 1.84. The molecule has 0 spiro atoms. The molecule has 1 aliphatic rings. The molecule has 3 rings (SSSR count). The lowest BCUT2D eigenvalue weighted by Crippen LogP contribution is -2.31. The highest BCUT2D eigenvalue weighted by Gasteiger charge is 2.33. The number of benzene rings is 1. The Bertz CT molecular complexity index is 667. The highest BCUT2D eigenvalue weighted by Crippen LogP contribution is 2.41. The van der Waals surface area contributed by atoms with Crippen molar-refractivity contribution in [1.82, 2.24) is 20.5 Å². The van der Waals surface area contributed by atoms with E-state index in [4.69, 9.17) is 4.74 Å². The average molecular weight is 332 g/mol. The summed E-state index contributed by atoms with van der Waals surface area (Å²) in [5.74, 6) is 2.43. The van der Waals surface area contributed by atoms with Gasteiger partial charge in [-0.25, -0.2) is 4.98 Å². The van der Waals surface area contributed by atoms with Gasteiger partial charge in [0.25, 0.3) is 0 Å². The summed E-state index contributed by atoms with van der Waals surface area (Å²) in [6.07, 6.45) is 2.31. The number of methoxy groups -OCH3 is 1. The topological polar surface area (TPSA) is 79.9 Å². The lowest BCUT2D eigenvalue weighted by atomic mass is 10.0. The van der Waals surface area contributed by atoms with Crippen molar-refractivity contribution in [3.8, 4) is 5.75 Å². The number of hydrogen-bond acceptors (Lipinski definition) is 5. The molecule has 0 aliphatic heterocycles. The summed E-state index contributed by atoms with van der Waals surface area (Å²) in [4.78, 5) is 16.4. The fraction of sp³-hybridized carbons (Fsp3) is 0.438. The van der Waals surface area contributed by atoms with Crippen molar-refractivity contribution in [3.05, 3.63) is 35.7 Å². The molecule has 2 aromatic rings. The first-order valence-electron chi connectivity index (χ1n) is 7.61. The fourth-order valence-corrected chi connectivity index (χ4v) is 3.10. The zero-order valence-electron chi connectivity index (χ0n) is 13.2. The number of ether oxygens (including phenoxy) is 1. The van der Waals surface area contributed by atoms with Gasteiger partial charge in [0, 0.05) is 0 Å². The molecule has 1 aliphatic carbocycles. The van der Waals surface area contributed by atoms with Gasteiger partial charge in [-0.3, -0.25) is 9.89 Å². The van der Waals surface area contributed by atoms with E-state index in [0.29, 0.717) is 16.8 Å². The number of aryl methyl sites for hydroxylation is 1. The van der Waals surface area contributed by atoms with Crippen LogP contribution >= 0.6 is 11.8 Å². The first kappa shape index (κ1) is 15.9. The molecule has 23 heavy (non-hydrogen) atoms. The molecule has 1 aromatic heterocycles. The van der Waals surface area contributed by atoms with Crippen molar-refractivity contribution in [3.63, 3.8) is 0 Å². The maximum absolute atomic E-state index is 12.2. The van der Waals surface area contributed by atoms with Gasteiger partial charge in [0.2, 0.25) is 11.1 Å². The van der Waals surface area contributed by atoms with Crippen molar-refractivity contribution < 1.29 is 9.53 Å². The van der Waals surface area contributed by atoms with Crippen LogP contribution < -0.4 is 10.1 Å². The van der Waals surface area contributed by atoms with Crippen LogP contribution in [-0.2, 0) is 4.79 Å². The van der Waals surface area contributed by atoms with Crippen molar-refractivity contribution in [2.45, 2.75) is 31.0 Å². The van der Waals surface area contributed by atoms with Gasteiger partial charge in [-0.1, -0.05) is 23.9 Å². The van der Waals surface area contributed by atoms with Crippen LogP contribution in [0.5, 0.6) is 5.75 Å². The van der Waals surface area contributed by atoms with E-state index in [0.717, 1.165) is 30.0 Å². The molecule has 122 valence electrons. The van der Waals surface area contributed by atoms with Crippen LogP contribution in [-0.4, -0.2) is 34.0 Å². The van der Waals surface area contributed by atoms with Gasteiger partial charge in [-0.2, -0.15) is 0 Å². The predicted octanol–water partition coefficient (Wildman–Crippen LogP) is 2.48. The zero-order chi connectivity index (χ0) is 16.2. The number of H-pyrrole nitrogens is 1. The Morgan fingerprint density at radius 3 is 2.74 bits per heavy atom. The van der Waals surface area contributed by atoms with Crippen LogP contribution in [0.15, 0.2) is 29.4 Å². The monoisotopic (exact) mass is 332 g/mol. The Morgan fingerprint density at radius 2 is 2.17 bits per heavy atom. The van der Waals surface area contributed by atoms with Crippen LogP contribution in [0.25, 0.3) is 0 Å². The smallest absolute Gasteiger partial charge is 0.230 e. The molecule has 1 unspecified atom stereocenters. The van der Waals surface area contributed by atoms with E-state index in [2.05, 4.69) is 20.5 Å². The molecular weight excluding hydrogens is 312 g/mol. The summed E-state index contributed by atoms with van der Waals surface area (Å²) < 4.78 is 5.19. The third-order valence-electron chi connectivity index (χ3n) is 3.79. The lowest BCUT2D eigenvalue weighted by molar-refractivity contribution is -0.119. The third-order valence-corrected chi connectivity index (χ3v) is 4.64. The summed E-state index contributed by atoms with van der Waals surface area (Å²) in [7, 11) is 1.65. The Morgan fingerprint density at radius 1 is 1.43 bits per heavy atom. The Balaban J connectivity index is 1.59. The lowest BCUT2D eigenvalue weighted by Gasteiger charge is -2.19. The first-order valence-corrected chi connectivity index (χ1v) is 8.59. The van der Waals surface area contributed by atoms with E-state index in [9.17, 15) is 4.79 Å². The van der Waals surface area contributed by atoms with Gasteiger partial charge >= 0.3 is 0 Å². The molecule has 1 amide bonds. The van der Waals surface area contributed by atoms with Gasteiger partial charge in [-0.15, -0.1) is 5.10 Å². The number of thioether (sulfide) groups is 1. The zero-order valence-corrected chi connectivity index (χ0v) is 14.0. The van der Waals surface area contributed by atoms with E-state index in [-0.39, 0.29) is 11.9 Å². The van der Waals surface area contributed by atoms with Crippen molar-refractivity contribution in [1.29, 1.82) is 0 Å². The Hall–Kier alpha value is -2.02. The number of hydrogen-bond donors (Lipinski definition) is 2. The molecule has 1 saturated carbocycles. The van der Waals surface area contributed by atoms with Crippen molar-refractivity contribution >= 4 is 17.7 Å². The summed E-state index contributed by atoms with van der Waals surface area (Å²) in [5.41, 5.74) is 1.13. The first-order chi connectivity index (χ1) is 11.2. The molecular formula is C16H20N4O2S. The molecule has 0 bridgehead atoms. The second-order valence-corrected chi connectivity index (χ2v) is 6.59. The maximum Gasteiger partial charge on any atom is 0.230 e.